The van der Waals surface area contributed by atoms with E-state index < -0.39 is 11.9 Å². The van der Waals surface area contributed by atoms with E-state index in [1.54, 1.807) is 0 Å². The molecular formula is C6H7NO3. The molecule has 0 aromatic carbocycles. The highest BCUT2D eigenvalue weighted by atomic mass is 16.5. The van der Waals surface area contributed by atoms with Crippen LogP contribution in [0.5, 0.6) is 0 Å². The standard InChI is InChI=1S/C6H7NO3/c7-5(8)1-4-2-6(9)10-3-4/h2H,1,3H2,(H2,7,8). The van der Waals surface area contributed by atoms with Crippen LogP contribution in [0.3, 0.4) is 0 Å². The SMILES string of the molecule is NC(=O)CC1=CC(=O)OC1. The van der Waals surface area contributed by atoms with Gasteiger partial charge in [-0.2, -0.15) is 0 Å². The lowest BCUT2D eigenvalue weighted by Crippen LogP contribution is -2.11. The first-order chi connectivity index (χ1) is 4.68. The number of primary amides is 1. The number of amides is 1. The molecule has 1 aliphatic heterocycles. The summed E-state index contributed by atoms with van der Waals surface area (Å²) >= 11 is 0. The first kappa shape index (κ1) is 6.80. The molecule has 1 aliphatic rings. The van der Waals surface area contributed by atoms with Crippen LogP contribution in [0.2, 0.25) is 0 Å². The highest BCUT2D eigenvalue weighted by Crippen LogP contribution is 2.08. The molecule has 0 saturated carbocycles. The van der Waals surface area contributed by atoms with Crippen LogP contribution in [0.4, 0.5) is 0 Å². The average molecular weight is 141 g/mol. The Hall–Kier alpha value is -1.32. The van der Waals surface area contributed by atoms with E-state index in [0.29, 0.717) is 5.57 Å². The number of carbonyl (C=O) groups excluding carboxylic acids is 2. The summed E-state index contributed by atoms with van der Waals surface area (Å²) in [7, 11) is 0. The zero-order valence-corrected chi connectivity index (χ0v) is 5.29. The Morgan fingerprint density at radius 2 is 2.50 bits per heavy atom. The molecule has 2 N–H and O–H groups in total. The van der Waals surface area contributed by atoms with Crippen LogP contribution in [-0.4, -0.2) is 18.5 Å². The highest BCUT2D eigenvalue weighted by molar-refractivity contribution is 5.87. The van der Waals surface area contributed by atoms with Gasteiger partial charge in [-0.3, -0.25) is 4.79 Å². The minimum Gasteiger partial charge on any atom is -0.458 e. The van der Waals surface area contributed by atoms with Crippen LogP contribution >= 0.6 is 0 Å². The fraction of sp³-hybridized carbons (Fsp3) is 0.333. The van der Waals surface area contributed by atoms with Crippen LogP contribution < -0.4 is 5.73 Å². The molecule has 0 spiro atoms. The van der Waals surface area contributed by atoms with Crippen molar-refractivity contribution in [1.82, 2.24) is 0 Å². The molecule has 0 aromatic heterocycles. The number of nitrogens with two attached hydrogens (primary N) is 1. The van der Waals surface area contributed by atoms with Crippen LogP contribution in [0.1, 0.15) is 6.42 Å². The maximum Gasteiger partial charge on any atom is 0.331 e. The van der Waals surface area contributed by atoms with E-state index in [9.17, 15) is 9.59 Å². The predicted octanol–water partition coefficient (Wildman–Crippen LogP) is -0.655. The number of esters is 1. The zero-order chi connectivity index (χ0) is 7.56. The molecule has 1 heterocycles. The number of hydrogen-bond acceptors (Lipinski definition) is 3. The fourth-order valence-electron chi connectivity index (χ4n) is 0.740. The predicted molar refractivity (Wildman–Crippen MR) is 32.9 cm³/mol. The van der Waals surface area contributed by atoms with Gasteiger partial charge in [0.2, 0.25) is 5.91 Å². The van der Waals surface area contributed by atoms with Crippen LogP contribution in [0.15, 0.2) is 11.6 Å². The van der Waals surface area contributed by atoms with Crippen LogP contribution in [0.25, 0.3) is 0 Å². The van der Waals surface area contributed by atoms with Gasteiger partial charge >= 0.3 is 5.97 Å². The molecule has 4 heteroatoms. The first-order valence-corrected chi connectivity index (χ1v) is 2.83. The molecule has 0 aliphatic carbocycles. The van der Waals surface area contributed by atoms with Crippen molar-refractivity contribution in [1.29, 1.82) is 0 Å². The van der Waals surface area contributed by atoms with Crippen molar-refractivity contribution in [2.24, 2.45) is 5.73 Å². The Morgan fingerprint density at radius 1 is 1.80 bits per heavy atom. The highest BCUT2D eigenvalue weighted by Gasteiger charge is 2.13. The average Bonchev–Trinajstić information content (AvgIpc) is 2.13. The monoisotopic (exact) mass is 141 g/mol. The zero-order valence-electron chi connectivity index (χ0n) is 5.29. The van der Waals surface area contributed by atoms with Gasteiger partial charge in [-0.15, -0.1) is 0 Å². The van der Waals surface area contributed by atoms with Gasteiger partial charge in [0, 0.05) is 6.08 Å². The van der Waals surface area contributed by atoms with Crippen LogP contribution in [0, 0.1) is 0 Å². The Labute approximate surface area is 57.6 Å². The Bertz CT molecular complexity index is 207. The molecule has 0 radical (unpaired) electrons. The lowest BCUT2D eigenvalue weighted by atomic mass is 10.2. The van der Waals surface area contributed by atoms with Crippen LogP contribution in [-0.2, 0) is 14.3 Å². The number of ether oxygens (including phenoxy) is 1. The summed E-state index contributed by atoms with van der Waals surface area (Å²) in [5.74, 6) is -0.833. The molecule has 1 amide bonds. The summed E-state index contributed by atoms with van der Waals surface area (Å²) in [4.78, 5) is 20.7. The number of cyclic esters (lactones) is 1. The molecule has 1 rings (SSSR count). The lowest BCUT2D eigenvalue weighted by Gasteiger charge is -1.93. The number of rotatable bonds is 2. The van der Waals surface area contributed by atoms with E-state index in [2.05, 4.69) is 4.74 Å². The third-order valence-corrected chi connectivity index (χ3v) is 1.12. The van der Waals surface area contributed by atoms with E-state index in [4.69, 9.17) is 5.73 Å². The summed E-state index contributed by atoms with van der Waals surface area (Å²) in [6, 6.07) is 0. The minimum absolute atomic E-state index is 0.117. The van der Waals surface area contributed by atoms with Gasteiger partial charge in [0.25, 0.3) is 0 Å². The second-order valence-electron chi connectivity index (χ2n) is 2.05. The van der Waals surface area contributed by atoms with Crippen molar-refractivity contribution in [2.75, 3.05) is 6.61 Å². The molecule has 0 fully saturated rings. The lowest BCUT2D eigenvalue weighted by molar-refractivity contribution is -0.135. The maximum absolute atomic E-state index is 10.4. The molecule has 10 heavy (non-hydrogen) atoms. The van der Waals surface area contributed by atoms with Gasteiger partial charge in [0.05, 0.1) is 6.42 Å². The Morgan fingerprint density at radius 3 is 2.90 bits per heavy atom. The second kappa shape index (κ2) is 2.51. The maximum atomic E-state index is 10.4. The first-order valence-electron chi connectivity index (χ1n) is 2.83. The van der Waals surface area contributed by atoms with Crippen molar-refractivity contribution in [2.45, 2.75) is 6.42 Å². The van der Waals surface area contributed by atoms with E-state index in [-0.39, 0.29) is 13.0 Å². The van der Waals surface area contributed by atoms with E-state index in [1.165, 1.54) is 6.08 Å². The largest absolute Gasteiger partial charge is 0.458 e. The van der Waals surface area contributed by atoms with Crippen molar-refractivity contribution in [3.8, 4) is 0 Å². The van der Waals surface area contributed by atoms with Gasteiger partial charge in [-0.25, -0.2) is 4.79 Å². The third-order valence-electron chi connectivity index (χ3n) is 1.12. The quantitative estimate of drug-likeness (QED) is 0.519. The minimum atomic E-state index is -0.440. The van der Waals surface area contributed by atoms with Crippen molar-refractivity contribution >= 4 is 11.9 Å². The van der Waals surface area contributed by atoms with Gasteiger partial charge in [0.15, 0.2) is 0 Å². The third kappa shape index (κ3) is 1.58. The normalized spacial score (nSPS) is 16.4. The van der Waals surface area contributed by atoms with Gasteiger partial charge in [-0.1, -0.05) is 0 Å². The van der Waals surface area contributed by atoms with Gasteiger partial charge in [0.1, 0.15) is 6.61 Å². The van der Waals surface area contributed by atoms with Crippen molar-refractivity contribution in [3.63, 3.8) is 0 Å². The second-order valence-corrected chi connectivity index (χ2v) is 2.05. The Balaban J connectivity index is 2.50. The molecule has 54 valence electrons. The summed E-state index contributed by atoms with van der Waals surface area (Å²) in [6.07, 6.45) is 1.41. The summed E-state index contributed by atoms with van der Waals surface area (Å²) < 4.78 is 4.53. The molecule has 0 aromatic rings. The molecule has 4 nitrogen and oxygen atoms in total. The molecule has 0 bridgehead atoms. The number of carbonyl (C=O) groups is 2. The molecular weight excluding hydrogens is 134 g/mol. The summed E-state index contributed by atoms with van der Waals surface area (Å²) in [5, 5.41) is 0. The van der Waals surface area contributed by atoms with E-state index >= 15 is 0 Å². The molecule has 0 unspecified atom stereocenters. The summed E-state index contributed by atoms with van der Waals surface area (Å²) in [6.45, 7) is 0.210. The smallest absolute Gasteiger partial charge is 0.331 e. The fourth-order valence-corrected chi connectivity index (χ4v) is 0.740. The summed E-state index contributed by atoms with van der Waals surface area (Å²) in [5.41, 5.74) is 5.52. The molecule has 0 atom stereocenters. The van der Waals surface area contributed by atoms with Gasteiger partial charge in [-0.05, 0) is 5.57 Å². The van der Waals surface area contributed by atoms with Crippen molar-refractivity contribution in [3.05, 3.63) is 11.6 Å². The van der Waals surface area contributed by atoms with E-state index in [1.807, 2.05) is 0 Å². The van der Waals surface area contributed by atoms with E-state index in [0.717, 1.165) is 0 Å². The van der Waals surface area contributed by atoms with Gasteiger partial charge < -0.3 is 10.5 Å². The van der Waals surface area contributed by atoms with Crippen molar-refractivity contribution < 1.29 is 14.3 Å². The number of hydrogen-bond donors (Lipinski definition) is 1. The molecule has 0 saturated heterocycles. The topological polar surface area (TPSA) is 69.4 Å². The Kier molecular flexibility index (Phi) is 1.71.